The zero-order valence-corrected chi connectivity index (χ0v) is 17.8. The summed E-state index contributed by atoms with van der Waals surface area (Å²) in [4.78, 5) is 38.9. The molecule has 0 amide bonds. The van der Waals surface area contributed by atoms with Gasteiger partial charge in [0.25, 0.3) is 0 Å². The average Bonchev–Trinajstić information content (AvgIpc) is 2.65. The van der Waals surface area contributed by atoms with Crippen molar-refractivity contribution in [3.05, 3.63) is 52.4 Å². The minimum absolute atomic E-state index is 0.0172. The molecule has 0 bridgehead atoms. The van der Waals surface area contributed by atoms with Gasteiger partial charge in [0.1, 0.15) is 11.7 Å². The maximum absolute atomic E-state index is 13.5. The Morgan fingerprint density at radius 2 is 1.97 bits per heavy atom. The van der Waals surface area contributed by atoms with Gasteiger partial charge in [0.05, 0.1) is 18.8 Å². The lowest BCUT2D eigenvalue weighted by molar-refractivity contribution is -0.151. The number of ether oxygens (including phenoxy) is 2. The molecule has 0 saturated carbocycles. The van der Waals surface area contributed by atoms with Crippen LogP contribution in [-0.4, -0.2) is 36.0 Å². The van der Waals surface area contributed by atoms with Crippen molar-refractivity contribution in [3.63, 3.8) is 0 Å². The fourth-order valence-corrected chi connectivity index (χ4v) is 4.27. The summed E-state index contributed by atoms with van der Waals surface area (Å²) in [5, 5.41) is 13.2. The van der Waals surface area contributed by atoms with Crippen LogP contribution in [0.4, 0.5) is 0 Å². The summed E-state index contributed by atoms with van der Waals surface area (Å²) in [5.74, 6) is -3.45. The van der Waals surface area contributed by atoms with Crippen molar-refractivity contribution in [2.45, 2.75) is 46.1 Å². The largest absolute Gasteiger partial charge is 0.508 e. The Labute approximate surface area is 175 Å². The first-order valence-electron chi connectivity index (χ1n) is 9.98. The minimum atomic E-state index is -0.948. The minimum Gasteiger partial charge on any atom is -0.508 e. The Bertz CT molecular complexity index is 958. The highest BCUT2D eigenvalue weighted by atomic mass is 16.5. The molecule has 1 aromatic carbocycles. The number of dihydropyridines is 1. The molecule has 160 valence electrons. The fraction of sp³-hybridized carbons (Fsp3) is 0.435. The van der Waals surface area contributed by atoms with E-state index < -0.39 is 23.8 Å². The molecule has 3 atom stereocenters. The second-order valence-corrected chi connectivity index (χ2v) is 8.08. The second-order valence-electron chi connectivity index (χ2n) is 8.08. The van der Waals surface area contributed by atoms with Crippen LogP contribution in [0.5, 0.6) is 5.75 Å². The average molecular weight is 413 g/mol. The Kier molecular flexibility index (Phi) is 6.01. The predicted octanol–water partition coefficient (Wildman–Crippen LogP) is 2.96. The zero-order chi connectivity index (χ0) is 22.2. The number of hydrogen-bond donors (Lipinski definition) is 2. The standard InChI is InChI=1S/C23H27NO6/c1-11(2)30-23(28)18-13(4)24-16-9-12(3)17(22(27)29-5)21(26)20(16)19(18)14-7-6-8-15(25)10-14/h6-8,10-12,17,19,24-25H,9H2,1-5H3. The molecule has 3 rings (SSSR count). The van der Waals surface area contributed by atoms with Gasteiger partial charge in [-0.25, -0.2) is 4.79 Å². The van der Waals surface area contributed by atoms with Crippen LogP contribution >= 0.6 is 0 Å². The molecule has 1 aliphatic heterocycles. The first-order valence-corrected chi connectivity index (χ1v) is 9.98. The van der Waals surface area contributed by atoms with Crippen LogP contribution in [-0.2, 0) is 23.9 Å². The Hall–Kier alpha value is -3.09. The lowest BCUT2D eigenvalue weighted by Crippen LogP contribution is -2.43. The molecule has 3 unspecified atom stereocenters. The number of carbonyl (C=O) groups is 3. The fourth-order valence-electron chi connectivity index (χ4n) is 4.27. The van der Waals surface area contributed by atoms with Gasteiger partial charge in [-0.1, -0.05) is 19.1 Å². The molecular formula is C23H27NO6. The van der Waals surface area contributed by atoms with Crippen LogP contribution in [0, 0.1) is 11.8 Å². The van der Waals surface area contributed by atoms with Crippen LogP contribution in [0.15, 0.2) is 46.8 Å². The molecule has 0 fully saturated rings. The monoisotopic (exact) mass is 413 g/mol. The van der Waals surface area contributed by atoms with Crippen molar-refractivity contribution < 1.29 is 29.0 Å². The highest BCUT2D eigenvalue weighted by Crippen LogP contribution is 2.45. The molecule has 1 aliphatic carbocycles. The number of phenolic OH excluding ortho intramolecular Hbond substituents is 1. The molecule has 1 aromatic rings. The van der Waals surface area contributed by atoms with E-state index in [9.17, 15) is 19.5 Å². The summed E-state index contributed by atoms with van der Waals surface area (Å²) < 4.78 is 10.3. The van der Waals surface area contributed by atoms with Gasteiger partial charge in [-0.2, -0.15) is 0 Å². The van der Waals surface area contributed by atoms with Gasteiger partial charge in [-0.3, -0.25) is 9.59 Å². The van der Waals surface area contributed by atoms with Crippen molar-refractivity contribution in [2.24, 2.45) is 11.8 Å². The molecule has 0 radical (unpaired) electrons. The van der Waals surface area contributed by atoms with E-state index in [4.69, 9.17) is 9.47 Å². The summed E-state index contributed by atoms with van der Waals surface area (Å²) >= 11 is 0. The molecule has 2 aliphatic rings. The number of Topliss-reactive ketones (excluding diaryl/α,β-unsaturated/α-hetero) is 1. The van der Waals surface area contributed by atoms with Gasteiger partial charge in [0.15, 0.2) is 5.78 Å². The molecular weight excluding hydrogens is 386 g/mol. The number of benzene rings is 1. The predicted molar refractivity (Wildman–Crippen MR) is 109 cm³/mol. The maximum atomic E-state index is 13.5. The lowest BCUT2D eigenvalue weighted by atomic mass is 9.69. The van der Waals surface area contributed by atoms with Gasteiger partial charge in [-0.05, 0) is 50.8 Å². The Balaban J connectivity index is 2.19. The quantitative estimate of drug-likeness (QED) is 0.578. The number of rotatable bonds is 4. The number of hydrogen-bond acceptors (Lipinski definition) is 7. The number of nitrogens with one attached hydrogen (secondary N) is 1. The van der Waals surface area contributed by atoms with Crippen molar-refractivity contribution in [2.75, 3.05) is 7.11 Å². The SMILES string of the molecule is COC(=O)C1C(=O)C2=C(CC1C)NC(C)=C(C(=O)OC(C)C)C2c1cccc(O)c1. The van der Waals surface area contributed by atoms with E-state index in [1.165, 1.54) is 19.2 Å². The van der Waals surface area contributed by atoms with E-state index in [0.29, 0.717) is 34.5 Å². The van der Waals surface area contributed by atoms with Crippen molar-refractivity contribution in [1.29, 1.82) is 0 Å². The molecule has 0 saturated heterocycles. The van der Waals surface area contributed by atoms with E-state index in [-0.39, 0.29) is 23.6 Å². The lowest BCUT2D eigenvalue weighted by Gasteiger charge is -2.38. The van der Waals surface area contributed by atoms with Crippen LogP contribution in [0.2, 0.25) is 0 Å². The van der Waals surface area contributed by atoms with E-state index in [1.807, 2.05) is 6.92 Å². The van der Waals surface area contributed by atoms with Crippen LogP contribution in [0.1, 0.15) is 45.6 Å². The van der Waals surface area contributed by atoms with Crippen LogP contribution in [0.3, 0.4) is 0 Å². The van der Waals surface area contributed by atoms with Gasteiger partial charge < -0.3 is 19.9 Å². The third kappa shape index (κ3) is 3.84. The van der Waals surface area contributed by atoms with Crippen molar-refractivity contribution in [3.8, 4) is 5.75 Å². The number of ketones is 1. The highest BCUT2D eigenvalue weighted by molar-refractivity contribution is 6.12. The van der Waals surface area contributed by atoms with E-state index in [0.717, 1.165) is 0 Å². The topological polar surface area (TPSA) is 102 Å². The third-order valence-corrected chi connectivity index (χ3v) is 5.51. The molecule has 7 nitrogen and oxygen atoms in total. The number of phenols is 1. The third-order valence-electron chi connectivity index (χ3n) is 5.51. The van der Waals surface area contributed by atoms with Gasteiger partial charge in [-0.15, -0.1) is 0 Å². The van der Waals surface area contributed by atoms with E-state index in [2.05, 4.69) is 5.32 Å². The molecule has 0 spiro atoms. The first kappa shape index (κ1) is 21.6. The van der Waals surface area contributed by atoms with Crippen molar-refractivity contribution >= 4 is 17.7 Å². The molecule has 0 aromatic heterocycles. The maximum Gasteiger partial charge on any atom is 0.337 e. The molecule has 2 N–H and O–H groups in total. The van der Waals surface area contributed by atoms with Crippen LogP contribution < -0.4 is 5.32 Å². The Morgan fingerprint density at radius 3 is 2.57 bits per heavy atom. The highest BCUT2D eigenvalue weighted by Gasteiger charge is 2.47. The van der Waals surface area contributed by atoms with Gasteiger partial charge in [0, 0.05) is 22.9 Å². The number of allylic oxidation sites excluding steroid dienone is 3. The van der Waals surface area contributed by atoms with Gasteiger partial charge >= 0.3 is 11.9 Å². The number of methoxy groups -OCH3 is 1. The summed E-state index contributed by atoms with van der Waals surface area (Å²) in [7, 11) is 1.26. The second kappa shape index (κ2) is 8.34. The molecule has 30 heavy (non-hydrogen) atoms. The van der Waals surface area contributed by atoms with E-state index in [1.54, 1.807) is 32.9 Å². The number of esters is 2. The summed E-state index contributed by atoms with van der Waals surface area (Å²) in [6, 6.07) is 6.44. The van der Waals surface area contributed by atoms with Gasteiger partial charge in [0.2, 0.25) is 0 Å². The smallest absolute Gasteiger partial charge is 0.337 e. The zero-order valence-electron chi connectivity index (χ0n) is 17.8. The first-order chi connectivity index (χ1) is 14.1. The molecule has 7 heteroatoms. The molecule has 1 heterocycles. The summed E-state index contributed by atoms with van der Waals surface area (Å²) in [6.45, 7) is 7.09. The van der Waals surface area contributed by atoms with E-state index >= 15 is 0 Å². The number of aromatic hydroxyl groups is 1. The summed E-state index contributed by atoms with van der Waals surface area (Å²) in [6.07, 6.45) is 0.114. The van der Waals surface area contributed by atoms with Crippen LogP contribution in [0.25, 0.3) is 0 Å². The summed E-state index contributed by atoms with van der Waals surface area (Å²) in [5.41, 5.74) is 2.48. The normalized spacial score (nSPS) is 23.8. The number of carbonyl (C=O) groups excluding carboxylic acids is 3. The van der Waals surface area contributed by atoms with Crippen molar-refractivity contribution in [1.82, 2.24) is 5.32 Å². The Morgan fingerprint density at radius 1 is 1.27 bits per heavy atom.